The zero-order valence-electron chi connectivity index (χ0n) is 22.9. The summed E-state index contributed by atoms with van der Waals surface area (Å²) in [4.78, 5) is 20.2. The first kappa shape index (κ1) is 29.4. The molecular weight excluding hydrogens is 506 g/mol. The van der Waals surface area contributed by atoms with E-state index >= 15 is 0 Å². The highest BCUT2D eigenvalue weighted by Gasteiger charge is 2.28. The molecular formula is C30H34F2N2O5. The number of hydrogen-bond acceptors (Lipinski definition) is 6. The van der Waals surface area contributed by atoms with Crippen LogP contribution in [0.5, 0.6) is 17.2 Å². The minimum Gasteiger partial charge on any atom is -0.506 e. The lowest BCUT2D eigenvalue weighted by Gasteiger charge is -2.20. The number of rotatable bonds is 11. The van der Waals surface area contributed by atoms with Gasteiger partial charge >= 0.3 is 0 Å². The molecule has 2 N–H and O–H groups in total. The molecule has 9 heteroatoms. The average Bonchev–Trinajstić information content (AvgIpc) is 2.90. The summed E-state index contributed by atoms with van der Waals surface area (Å²) < 4.78 is 44.5. The zero-order chi connectivity index (χ0) is 28.7. The SMILES string of the molecule is C=C(Cc1cccc(C(C)(F)F)c1)OC(=NC)c1c(O)c(-c2c(OC)cccc2OC)c(CCCC)[nH]c1=O. The summed E-state index contributed by atoms with van der Waals surface area (Å²) in [6, 6.07) is 11.1. The van der Waals surface area contributed by atoms with Gasteiger partial charge in [0.1, 0.15) is 28.6 Å². The van der Waals surface area contributed by atoms with Crippen molar-refractivity contribution in [2.24, 2.45) is 4.99 Å². The number of hydrogen-bond donors (Lipinski definition) is 2. The van der Waals surface area contributed by atoms with E-state index in [4.69, 9.17) is 14.2 Å². The maximum Gasteiger partial charge on any atom is 0.270 e. The molecule has 7 nitrogen and oxygen atoms in total. The summed E-state index contributed by atoms with van der Waals surface area (Å²) in [7, 11) is 4.42. The van der Waals surface area contributed by atoms with Gasteiger partial charge in [0.25, 0.3) is 11.5 Å². The van der Waals surface area contributed by atoms with Crippen LogP contribution in [0.3, 0.4) is 0 Å². The third-order valence-electron chi connectivity index (χ3n) is 6.22. The third kappa shape index (κ3) is 6.66. The number of aromatic nitrogens is 1. The van der Waals surface area contributed by atoms with Crippen LogP contribution in [0.2, 0.25) is 0 Å². The summed E-state index contributed by atoms with van der Waals surface area (Å²) in [5.41, 5.74) is 0.924. The molecule has 1 aromatic heterocycles. The lowest BCUT2D eigenvalue weighted by Crippen LogP contribution is -2.23. The number of unbranched alkanes of at least 4 members (excludes halogenated alkanes) is 1. The quantitative estimate of drug-likeness (QED) is 0.168. The summed E-state index contributed by atoms with van der Waals surface area (Å²) >= 11 is 0. The predicted octanol–water partition coefficient (Wildman–Crippen LogP) is 6.37. The summed E-state index contributed by atoms with van der Waals surface area (Å²) in [5, 5.41) is 11.6. The average molecular weight is 541 g/mol. The van der Waals surface area contributed by atoms with E-state index in [-0.39, 0.29) is 35.0 Å². The molecule has 0 saturated carbocycles. The molecule has 3 aromatic rings. The van der Waals surface area contributed by atoms with Crippen molar-refractivity contribution in [3.8, 4) is 28.4 Å². The first-order valence-corrected chi connectivity index (χ1v) is 12.5. The second-order valence-electron chi connectivity index (χ2n) is 9.11. The van der Waals surface area contributed by atoms with Crippen molar-refractivity contribution in [2.45, 2.75) is 45.5 Å². The van der Waals surface area contributed by atoms with Gasteiger partial charge in [-0.05, 0) is 36.6 Å². The normalized spacial score (nSPS) is 11.8. The Kier molecular flexibility index (Phi) is 9.51. The van der Waals surface area contributed by atoms with E-state index < -0.39 is 11.5 Å². The third-order valence-corrected chi connectivity index (χ3v) is 6.22. The predicted molar refractivity (Wildman–Crippen MR) is 148 cm³/mol. The Morgan fingerprint density at radius 2 is 1.74 bits per heavy atom. The number of nitrogens with one attached hydrogen (secondary N) is 1. The number of H-pyrrole nitrogens is 1. The van der Waals surface area contributed by atoms with Crippen LogP contribution in [0.15, 0.2) is 64.6 Å². The summed E-state index contributed by atoms with van der Waals surface area (Å²) in [6.07, 6.45) is 2.20. The van der Waals surface area contributed by atoms with Crippen molar-refractivity contribution in [2.75, 3.05) is 21.3 Å². The molecule has 1 heterocycles. The minimum atomic E-state index is -3.00. The Morgan fingerprint density at radius 1 is 1.10 bits per heavy atom. The molecule has 0 fully saturated rings. The number of aryl methyl sites for hydroxylation is 1. The Morgan fingerprint density at radius 3 is 2.31 bits per heavy atom. The molecule has 208 valence electrons. The minimum absolute atomic E-state index is 0.0867. The van der Waals surface area contributed by atoms with E-state index in [1.165, 1.54) is 39.5 Å². The number of nitrogens with zero attached hydrogens (tertiary/aromatic N) is 1. The largest absolute Gasteiger partial charge is 0.506 e. The van der Waals surface area contributed by atoms with Gasteiger partial charge in [0.05, 0.1) is 25.3 Å². The highest BCUT2D eigenvalue weighted by molar-refractivity contribution is 6.00. The molecule has 0 saturated heterocycles. The standard InChI is InChI=1S/C30H34F2N2O5/c1-7-8-13-21-24(25-22(37-5)14-10-15-23(25)38-6)27(35)26(28(36)34-21)29(33-4)39-18(2)16-19-11-9-12-20(17-19)30(3,31)32/h9-12,14-15,17H,2,7-8,13,16H2,1,3-6H3,(H2,34,35,36). The lowest BCUT2D eigenvalue weighted by atomic mass is 9.95. The number of benzene rings is 2. The van der Waals surface area contributed by atoms with Crippen molar-refractivity contribution < 1.29 is 28.1 Å². The fourth-order valence-corrected chi connectivity index (χ4v) is 4.31. The number of alkyl halides is 2. The van der Waals surface area contributed by atoms with E-state index in [0.29, 0.717) is 40.3 Å². The van der Waals surface area contributed by atoms with Gasteiger partial charge in [0.2, 0.25) is 5.90 Å². The van der Waals surface area contributed by atoms with E-state index in [9.17, 15) is 18.7 Å². The first-order chi connectivity index (χ1) is 18.5. The Balaban J connectivity index is 2.08. The number of ether oxygens (including phenoxy) is 3. The zero-order valence-corrected chi connectivity index (χ0v) is 22.9. The maximum absolute atomic E-state index is 13.8. The van der Waals surface area contributed by atoms with Gasteiger partial charge < -0.3 is 24.3 Å². The number of halogens is 2. The molecule has 39 heavy (non-hydrogen) atoms. The van der Waals surface area contributed by atoms with Crippen LogP contribution in [0, 0.1) is 0 Å². The van der Waals surface area contributed by atoms with Crippen LogP contribution in [0.25, 0.3) is 11.1 Å². The number of aromatic hydroxyl groups is 1. The highest BCUT2D eigenvalue weighted by Crippen LogP contribution is 2.45. The molecule has 0 spiro atoms. The molecule has 0 unspecified atom stereocenters. The van der Waals surface area contributed by atoms with Gasteiger partial charge in [-0.15, -0.1) is 0 Å². The number of aromatic amines is 1. The van der Waals surface area contributed by atoms with Crippen molar-refractivity contribution in [3.63, 3.8) is 0 Å². The lowest BCUT2D eigenvalue weighted by molar-refractivity contribution is 0.0174. The number of allylic oxidation sites excluding steroid dienone is 1. The van der Waals surface area contributed by atoms with Crippen molar-refractivity contribution in [1.82, 2.24) is 4.98 Å². The van der Waals surface area contributed by atoms with Gasteiger partial charge in [-0.3, -0.25) is 9.79 Å². The second-order valence-corrected chi connectivity index (χ2v) is 9.11. The number of methoxy groups -OCH3 is 2. The second kappa shape index (κ2) is 12.6. The van der Waals surface area contributed by atoms with Crippen LogP contribution in [-0.2, 0) is 23.5 Å². The molecule has 0 aliphatic carbocycles. The molecule has 0 aliphatic rings. The van der Waals surface area contributed by atoms with E-state index in [1.54, 1.807) is 24.3 Å². The number of pyridine rings is 1. The summed E-state index contributed by atoms with van der Waals surface area (Å²) in [5.74, 6) is -2.50. The molecule has 3 rings (SSSR count). The first-order valence-electron chi connectivity index (χ1n) is 12.5. The van der Waals surface area contributed by atoms with Crippen molar-refractivity contribution >= 4 is 5.90 Å². The molecule has 0 bridgehead atoms. The topological polar surface area (TPSA) is 93.1 Å². The van der Waals surface area contributed by atoms with E-state index in [2.05, 4.69) is 16.6 Å². The van der Waals surface area contributed by atoms with Crippen LogP contribution >= 0.6 is 0 Å². The molecule has 0 atom stereocenters. The smallest absolute Gasteiger partial charge is 0.270 e. The Hall–Kier alpha value is -4.14. The Bertz CT molecular complexity index is 1400. The van der Waals surface area contributed by atoms with E-state index in [1.807, 2.05) is 6.92 Å². The van der Waals surface area contributed by atoms with Gasteiger partial charge in [-0.2, -0.15) is 0 Å². The fourth-order valence-electron chi connectivity index (χ4n) is 4.31. The van der Waals surface area contributed by atoms with Crippen molar-refractivity contribution in [1.29, 1.82) is 0 Å². The van der Waals surface area contributed by atoms with E-state index in [0.717, 1.165) is 19.8 Å². The van der Waals surface area contributed by atoms with Gasteiger partial charge in [0, 0.05) is 31.6 Å². The Labute approximate surface area is 226 Å². The molecule has 2 aromatic carbocycles. The monoisotopic (exact) mass is 540 g/mol. The van der Waals surface area contributed by atoms with Crippen molar-refractivity contribution in [3.05, 3.63) is 87.5 Å². The number of aliphatic imine (C=N–C) groups is 1. The summed E-state index contributed by atoms with van der Waals surface area (Å²) in [6.45, 7) is 6.73. The molecule has 0 radical (unpaired) electrons. The van der Waals surface area contributed by atoms with Crippen LogP contribution in [0.1, 0.15) is 49.1 Å². The van der Waals surface area contributed by atoms with Gasteiger partial charge in [-0.25, -0.2) is 8.78 Å². The molecule has 0 aliphatic heterocycles. The maximum atomic E-state index is 13.8. The van der Waals surface area contributed by atoms with Gasteiger partial charge in [-0.1, -0.05) is 44.2 Å². The molecule has 0 amide bonds. The van der Waals surface area contributed by atoms with Gasteiger partial charge in [0.15, 0.2) is 0 Å². The van der Waals surface area contributed by atoms with Crippen LogP contribution in [0.4, 0.5) is 8.78 Å². The fraction of sp³-hybridized carbons (Fsp3) is 0.333. The van der Waals surface area contributed by atoms with Crippen LogP contribution in [-0.4, -0.2) is 37.3 Å². The van der Waals surface area contributed by atoms with Crippen LogP contribution < -0.4 is 15.0 Å². The highest BCUT2D eigenvalue weighted by atomic mass is 19.3.